The Morgan fingerprint density at radius 1 is 1.47 bits per heavy atom. The quantitative estimate of drug-likeness (QED) is 0.897. The molecule has 1 aliphatic rings. The Hall–Kier alpha value is -0.520. The molecule has 0 spiro atoms. The van der Waals surface area contributed by atoms with Crippen LogP contribution in [0, 0.1) is 6.92 Å². The summed E-state index contributed by atoms with van der Waals surface area (Å²) in [5.41, 5.74) is -1.15. The van der Waals surface area contributed by atoms with Crippen LogP contribution in [0.4, 0.5) is 0 Å². The second-order valence-corrected chi connectivity index (χ2v) is 7.83. The molecule has 2 N–H and O–H groups in total. The van der Waals surface area contributed by atoms with Crippen molar-refractivity contribution in [3.8, 4) is 0 Å². The molecule has 1 aromatic heterocycles. The Balaban J connectivity index is 1.87. The zero-order chi connectivity index (χ0) is 13.9. The molecule has 2 heterocycles. The number of rotatable bonds is 4. The molecular weight excluding hydrogens is 278 g/mol. The van der Waals surface area contributed by atoms with E-state index >= 15 is 0 Å². The van der Waals surface area contributed by atoms with Gasteiger partial charge in [-0.25, -0.2) is 0 Å². The van der Waals surface area contributed by atoms with Crippen molar-refractivity contribution in [3.63, 3.8) is 0 Å². The van der Waals surface area contributed by atoms with Crippen LogP contribution in [0.1, 0.15) is 29.5 Å². The number of thioether (sulfide) groups is 1. The fourth-order valence-corrected chi connectivity index (χ4v) is 4.43. The summed E-state index contributed by atoms with van der Waals surface area (Å²) >= 11 is 3.56. The Kier molecular flexibility index (Phi) is 4.92. The summed E-state index contributed by atoms with van der Waals surface area (Å²) in [6.45, 7) is 4.08. The number of thiophene rings is 1. The minimum absolute atomic E-state index is 0.0594. The lowest BCUT2D eigenvalue weighted by Gasteiger charge is -2.31. The molecule has 19 heavy (non-hydrogen) atoms. The highest BCUT2D eigenvalue weighted by Gasteiger charge is 2.37. The largest absolute Gasteiger partial charge is 0.380 e. The molecular formula is C14H21NO2S2. The third-order valence-corrected chi connectivity index (χ3v) is 5.43. The lowest BCUT2D eigenvalue weighted by atomic mass is 9.95. The number of nitrogens with one attached hydrogen (secondary N) is 1. The average Bonchev–Trinajstić information content (AvgIpc) is 2.75. The monoisotopic (exact) mass is 299 g/mol. The van der Waals surface area contributed by atoms with Gasteiger partial charge in [0, 0.05) is 22.2 Å². The molecule has 0 bridgehead atoms. The summed E-state index contributed by atoms with van der Waals surface area (Å²) in [6, 6.07) is 4.26. The third-order valence-electron chi connectivity index (χ3n) is 3.42. The zero-order valence-corrected chi connectivity index (χ0v) is 13.1. The van der Waals surface area contributed by atoms with E-state index in [1.165, 1.54) is 9.75 Å². The SMILES string of the molecule is Cc1ccc(CC(C)NC(=O)C2(O)CCSCC2)s1. The first-order valence-electron chi connectivity index (χ1n) is 6.66. The van der Waals surface area contributed by atoms with Crippen LogP contribution < -0.4 is 5.32 Å². The summed E-state index contributed by atoms with van der Waals surface area (Å²) in [4.78, 5) is 14.7. The smallest absolute Gasteiger partial charge is 0.252 e. The standard InChI is InChI=1S/C14H21NO2S2/c1-10(9-12-4-3-11(2)19-12)15-13(16)14(17)5-7-18-8-6-14/h3-4,10,17H,5-9H2,1-2H3,(H,15,16). The maximum Gasteiger partial charge on any atom is 0.252 e. The van der Waals surface area contributed by atoms with Crippen molar-refractivity contribution >= 4 is 29.0 Å². The molecule has 1 unspecified atom stereocenters. The van der Waals surface area contributed by atoms with Gasteiger partial charge in [-0.15, -0.1) is 11.3 Å². The molecule has 1 amide bonds. The van der Waals surface area contributed by atoms with E-state index in [1.807, 2.05) is 6.92 Å². The van der Waals surface area contributed by atoms with Crippen LogP contribution in [0.2, 0.25) is 0 Å². The summed E-state index contributed by atoms with van der Waals surface area (Å²) in [5.74, 6) is 1.53. The molecule has 2 rings (SSSR count). The Morgan fingerprint density at radius 3 is 2.74 bits per heavy atom. The van der Waals surface area contributed by atoms with E-state index < -0.39 is 5.60 Å². The predicted octanol–water partition coefficient (Wildman–Crippen LogP) is 2.36. The number of hydrogen-bond acceptors (Lipinski definition) is 4. The fourth-order valence-electron chi connectivity index (χ4n) is 2.24. The second-order valence-electron chi connectivity index (χ2n) is 5.23. The average molecular weight is 299 g/mol. The first-order valence-corrected chi connectivity index (χ1v) is 8.63. The van der Waals surface area contributed by atoms with E-state index in [1.54, 1.807) is 23.1 Å². The van der Waals surface area contributed by atoms with E-state index in [-0.39, 0.29) is 11.9 Å². The van der Waals surface area contributed by atoms with Crippen LogP contribution in [0.5, 0.6) is 0 Å². The second kappa shape index (κ2) is 6.29. The van der Waals surface area contributed by atoms with Crippen molar-refractivity contribution in [1.82, 2.24) is 5.32 Å². The molecule has 0 saturated carbocycles. The molecule has 0 aliphatic carbocycles. The molecule has 1 aliphatic heterocycles. The molecule has 3 nitrogen and oxygen atoms in total. The maximum atomic E-state index is 12.2. The van der Waals surface area contributed by atoms with Gasteiger partial charge in [-0.3, -0.25) is 4.79 Å². The van der Waals surface area contributed by atoms with Gasteiger partial charge in [0.25, 0.3) is 5.91 Å². The van der Waals surface area contributed by atoms with E-state index in [4.69, 9.17) is 0 Å². The van der Waals surface area contributed by atoms with E-state index in [0.717, 1.165) is 17.9 Å². The molecule has 0 aromatic carbocycles. The minimum Gasteiger partial charge on any atom is -0.380 e. The van der Waals surface area contributed by atoms with Crippen LogP contribution >= 0.6 is 23.1 Å². The number of hydrogen-bond donors (Lipinski definition) is 2. The van der Waals surface area contributed by atoms with Crippen LogP contribution in [0.15, 0.2) is 12.1 Å². The summed E-state index contributed by atoms with van der Waals surface area (Å²) in [7, 11) is 0. The molecule has 0 radical (unpaired) electrons. The Bertz CT molecular complexity index is 438. The van der Waals surface area contributed by atoms with Gasteiger partial charge < -0.3 is 10.4 Å². The summed E-state index contributed by atoms with van der Waals surface area (Å²) in [5, 5.41) is 13.3. The van der Waals surface area contributed by atoms with Gasteiger partial charge in [-0.05, 0) is 50.3 Å². The molecule has 1 saturated heterocycles. The highest BCUT2D eigenvalue weighted by atomic mass is 32.2. The minimum atomic E-state index is -1.15. The van der Waals surface area contributed by atoms with Gasteiger partial charge >= 0.3 is 0 Å². The van der Waals surface area contributed by atoms with Crippen molar-refractivity contribution in [3.05, 3.63) is 21.9 Å². The van der Waals surface area contributed by atoms with Crippen molar-refractivity contribution in [2.45, 2.75) is 44.8 Å². The highest BCUT2D eigenvalue weighted by Crippen LogP contribution is 2.27. The highest BCUT2D eigenvalue weighted by molar-refractivity contribution is 7.99. The lowest BCUT2D eigenvalue weighted by molar-refractivity contribution is -0.141. The first-order chi connectivity index (χ1) is 8.99. The molecule has 1 aromatic rings. The topological polar surface area (TPSA) is 49.3 Å². The number of amides is 1. The number of aliphatic hydroxyl groups is 1. The van der Waals surface area contributed by atoms with E-state index in [0.29, 0.717) is 12.8 Å². The first kappa shape index (κ1) is 14.9. The van der Waals surface area contributed by atoms with Crippen LogP contribution in [-0.2, 0) is 11.2 Å². The van der Waals surface area contributed by atoms with Crippen LogP contribution in [0.3, 0.4) is 0 Å². The molecule has 5 heteroatoms. The lowest BCUT2D eigenvalue weighted by Crippen LogP contribution is -2.51. The van der Waals surface area contributed by atoms with Crippen molar-refractivity contribution < 1.29 is 9.90 Å². The van der Waals surface area contributed by atoms with Gasteiger partial charge in [0.05, 0.1) is 0 Å². The van der Waals surface area contributed by atoms with Gasteiger partial charge in [-0.2, -0.15) is 11.8 Å². The molecule has 106 valence electrons. The fraction of sp³-hybridized carbons (Fsp3) is 0.643. The summed E-state index contributed by atoms with van der Waals surface area (Å²) in [6.07, 6.45) is 1.96. The van der Waals surface area contributed by atoms with E-state index in [9.17, 15) is 9.90 Å². The Morgan fingerprint density at radius 2 is 2.16 bits per heavy atom. The van der Waals surface area contributed by atoms with Crippen molar-refractivity contribution in [2.75, 3.05) is 11.5 Å². The number of carbonyl (C=O) groups excluding carboxylic acids is 1. The number of carbonyl (C=O) groups is 1. The molecule has 1 fully saturated rings. The van der Waals surface area contributed by atoms with Gasteiger partial charge in [0.15, 0.2) is 0 Å². The van der Waals surface area contributed by atoms with Crippen molar-refractivity contribution in [2.24, 2.45) is 0 Å². The normalized spacial score (nSPS) is 19.9. The zero-order valence-electron chi connectivity index (χ0n) is 11.4. The Labute approximate surface area is 122 Å². The maximum absolute atomic E-state index is 12.2. The van der Waals surface area contributed by atoms with Crippen LogP contribution in [-0.4, -0.2) is 34.2 Å². The van der Waals surface area contributed by atoms with E-state index in [2.05, 4.69) is 24.4 Å². The predicted molar refractivity (Wildman–Crippen MR) is 81.9 cm³/mol. The van der Waals surface area contributed by atoms with Crippen molar-refractivity contribution in [1.29, 1.82) is 0 Å². The molecule has 1 atom stereocenters. The van der Waals surface area contributed by atoms with Gasteiger partial charge in [-0.1, -0.05) is 0 Å². The van der Waals surface area contributed by atoms with Gasteiger partial charge in [0.2, 0.25) is 0 Å². The summed E-state index contributed by atoms with van der Waals surface area (Å²) < 4.78 is 0. The third kappa shape index (κ3) is 3.97. The number of aryl methyl sites for hydroxylation is 1. The van der Waals surface area contributed by atoms with Gasteiger partial charge in [0.1, 0.15) is 5.60 Å². The van der Waals surface area contributed by atoms with Crippen LogP contribution in [0.25, 0.3) is 0 Å².